The van der Waals surface area contributed by atoms with E-state index in [9.17, 15) is 13.2 Å². The normalized spacial score (nSPS) is 11.3. The van der Waals surface area contributed by atoms with E-state index < -0.39 is 15.9 Å². The van der Waals surface area contributed by atoms with Crippen LogP contribution in [-0.4, -0.2) is 37.4 Å². The number of nitrogens with one attached hydrogen (secondary N) is 2. The molecular weight excluding hydrogens is 404 g/mol. The second-order valence-corrected chi connectivity index (χ2v) is 8.44. The highest BCUT2D eigenvalue weighted by molar-refractivity contribution is 7.89. The Balaban J connectivity index is 1.82. The molecule has 1 aromatic heterocycles. The molecule has 0 fully saturated rings. The predicted octanol–water partition coefficient (Wildman–Crippen LogP) is 3.09. The number of sulfonamides is 1. The number of amides is 1. The summed E-state index contributed by atoms with van der Waals surface area (Å²) in [5.41, 5.74) is 1.41. The van der Waals surface area contributed by atoms with Crippen molar-refractivity contribution in [1.29, 1.82) is 0 Å². The summed E-state index contributed by atoms with van der Waals surface area (Å²) in [7, 11) is -2.48. The number of methoxy groups -OCH3 is 1. The van der Waals surface area contributed by atoms with Crippen molar-refractivity contribution in [3.05, 3.63) is 66.5 Å². The van der Waals surface area contributed by atoms with Crippen LogP contribution >= 0.6 is 0 Å². The second-order valence-electron chi connectivity index (χ2n) is 6.76. The molecule has 156 valence electrons. The maximum absolute atomic E-state index is 12.6. The number of rotatable bonds is 7. The number of hydrogen-bond acceptors (Lipinski definition) is 6. The lowest BCUT2D eigenvalue weighted by atomic mass is 10.2. The molecular formula is C21H22N4O4S. The number of aromatic nitrogens is 2. The first-order valence-corrected chi connectivity index (χ1v) is 10.7. The third-order valence-electron chi connectivity index (χ3n) is 4.05. The zero-order chi connectivity index (χ0) is 21.7. The minimum Gasteiger partial charge on any atom is -0.495 e. The average molecular weight is 426 g/mol. The Kier molecular flexibility index (Phi) is 6.43. The quantitative estimate of drug-likeness (QED) is 0.601. The van der Waals surface area contributed by atoms with Crippen LogP contribution in [0.3, 0.4) is 0 Å². The van der Waals surface area contributed by atoms with Gasteiger partial charge >= 0.3 is 0 Å². The SMILES string of the molecule is COc1ccc(C(=O)Nc2cnc(-c3ccccc3)nc2)cc1S(=O)(=O)NC(C)C. The van der Waals surface area contributed by atoms with Gasteiger partial charge in [-0.1, -0.05) is 30.3 Å². The molecule has 3 aromatic rings. The van der Waals surface area contributed by atoms with Gasteiger partial charge in [0.2, 0.25) is 10.0 Å². The maximum atomic E-state index is 12.6. The van der Waals surface area contributed by atoms with Crippen LogP contribution in [0.15, 0.2) is 65.8 Å². The summed E-state index contributed by atoms with van der Waals surface area (Å²) in [6.07, 6.45) is 2.99. The maximum Gasteiger partial charge on any atom is 0.255 e. The number of nitrogens with zero attached hydrogens (tertiary/aromatic N) is 2. The number of benzene rings is 2. The van der Waals surface area contributed by atoms with Crippen molar-refractivity contribution < 1.29 is 17.9 Å². The van der Waals surface area contributed by atoms with Crippen LogP contribution in [0, 0.1) is 0 Å². The summed E-state index contributed by atoms with van der Waals surface area (Å²) in [5.74, 6) is 0.191. The van der Waals surface area contributed by atoms with E-state index >= 15 is 0 Å². The summed E-state index contributed by atoms with van der Waals surface area (Å²) in [6.45, 7) is 3.42. The zero-order valence-electron chi connectivity index (χ0n) is 16.8. The van der Waals surface area contributed by atoms with Crippen molar-refractivity contribution in [3.63, 3.8) is 0 Å². The van der Waals surface area contributed by atoms with Gasteiger partial charge in [-0.15, -0.1) is 0 Å². The Labute approximate surface area is 175 Å². The molecule has 30 heavy (non-hydrogen) atoms. The fourth-order valence-electron chi connectivity index (χ4n) is 2.73. The van der Waals surface area contributed by atoms with E-state index in [2.05, 4.69) is 20.0 Å². The van der Waals surface area contributed by atoms with Crippen LogP contribution in [0.1, 0.15) is 24.2 Å². The first kappa shape index (κ1) is 21.4. The molecule has 0 aliphatic heterocycles. The standard InChI is InChI=1S/C21H22N4O4S/c1-14(2)25-30(27,28)19-11-16(9-10-18(19)29-3)21(26)24-17-12-22-20(23-13-17)15-7-5-4-6-8-15/h4-14,25H,1-3H3,(H,24,26). The van der Waals surface area contributed by atoms with Crippen LogP contribution in [-0.2, 0) is 10.0 Å². The zero-order valence-corrected chi connectivity index (χ0v) is 17.6. The second kappa shape index (κ2) is 9.02. The molecule has 9 heteroatoms. The monoisotopic (exact) mass is 426 g/mol. The summed E-state index contributed by atoms with van der Waals surface area (Å²) in [6, 6.07) is 13.3. The fraction of sp³-hybridized carbons (Fsp3) is 0.190. The number of carbonyl (C=O) groups excluding carboxylic acids is 1. The first-order valence-electron chi connectivity index (χ1n) is 9.19. The number of ether oxygens (including phenoxy) is 1. The molecule has 3 rings (SSSR count). The van der Waals surface area contributed by atoms with Crippen LogP contribution in [0.25, 0.3) is 11.4 Å². The van der Waals surface area contributed by atoms with Gasteiger partial charge in [0.05, 0.1) is 25.2 Å². The van der Waals surface area contributed by atoms with Crippen molar-refractivity contribution in [2.75, 3.05) is 12.4 Å². The van der Waals surface area contributed by atoms with Gasteiger partial charge in [0, 0.05) is 17.2 Å². The molecule has 0 spiro atoms. The van der Waals surface area contributed by atoms with E-state index in [1.807, 2.05) is 30.3 Å². The molecule has 1 amide bonds. The van der Waals surface area contributed by atoms with Gasteiger partial charge in [0.25, 0.3) is 5.91 Å². The number of carbonyl (C=O) groups is 1. The highest BCUT2D eigenvalue weighted by Crippen LogP contribution is 2.25. The Morgan fingerprint density at radius 2 is 1.70 bits per heavy atom. The molecule has 2 N–H and O–H groups in total. The van der Waals surface area contributed by atoms with Gasteiger partial charge in [-0.2, -0.15) is 0 Å². The number of anilines is 1. The summed E-state index contributed by atoms with van der Waals surface area (Å²) in [5, 5.41) is 2.67. The van der Waals surface area contributed by atoms with E-state index in [4.69, 9.17) is 4.74 Å². The lowest BCUT2D eigenvalue weighted by molar-refractivity contribution is 0.102. The number of hydrogen-bond donors (Lipinski definition) is 2. The Hall–Kier alpha value is -3.30. The van der Waals surface area contributed by atoms with Crippen LogP contribution in [0.5, 0.6) is 5.75 Å². The lowest BCUT2D eigenvalue weighted by Crippen LogP contribution is -2.30. The first-order chi connectivity index (χ1) is 14.3. The van der Waals surface area contributed by atoms with E-state index in [1.54, 1.807) is 13.8 Å². The molecule has 2 aromatic carbocycles. The Morgan fingerprint density at radius 3 is 2.30 bits per heavy atom. The predicted molar refractivity (Wildman–Crippen MR) is 114 cm³/mol. The fourth-order valence-corrected chi connectivity index (χ4v) is 4.18. The Bertz CT molecular complexity index is 1130. The van der Waals surface area contributed by atoms with Gasteiger partial charge in [-0.05, 0) is 32.0 Å². The van der Waals surface area contributed by atoms with E-state index in [-0.39, 0.29) is 22.3 Å². The molecule has 1 heterocycles. The van der Waals surface area contributed by atoms with Crippen molar-refractivity contribution in [3.8, 4) is 17.1 Å². The van der Waals surface area contributed by atoms with Gasteiger partial charge in [-0.3, -0.25) is 4.79 Å². The van der Waals surface area contributed by atoms with Crippen LogP contribution in [0.2, 0.25) is 0 Å². The lowest BCUT2D eigenvalue weighted by Gasteiger charge is -2.14. The van der Waals surface area contributed by atoms with Crippen molar-refractivity contribution >= 4 is 21.6 Å². The smallest absolute Gasteiger partial charge is 0.255 e. The van der Waals surface area contributed by atoms with E-state index in [1.165, 1.54) is 37.7 Å². The molecule has 0 unspecified atom stereocenters. The van der Waals surface area contributed by atoms with Crippen molar-refractivity contribution in [2.45, 2.75) is 24.8 Å². The molecule has 0 atom stereocenters. The summed E-state index contributed by atoms with van der Waals surface area (Å²) in [4.78, 5) is 21.1. The summed E-state index contributed by atoms with van der Waals surface area (Å²) < 4.78 is 32.8. The molecule has 0 aliphatic rings. The minimum absolute atomic E-state index is 0.109. The molecule has 0 radical (unpaired) electrons. The Morgan fingerprint density at radius 1 is 1.03 bits per heavy atom. The van der Waals surface area contributed by atoms with Crippen molar-refractivity contribution in [1.82, 2.24) is 14.7 Å². The van der Waals surface area contributed by atoms with Gasteiger partial charge in [0.1, 0.15) is 10.6 Å². The topological polar surface area (TPSA) is 110 Å². The minimum atomic E-state index is -3.85. The highest BCUT2D eigenvalue weighted by Gasteiger charge is 2.22. The van der Waals surface area contributed by atoms with Crippen molar-refractivity contribution in [2.24, 2.45) is 0 Å². The molecule has 8 nitrogen and oxygen atoms in total. The van der Waals surface area contributed by atoms with Gasteiger partial charge in [0.15, 0.2) is 5.82 Å². The van der Waals surface area contributed by atoms with Gasteiger partial charge < -0.3 is 10.1 Å². The molecule has 0 saturated heterocycles. The summed E-state index contributed by atoms with van der Waals surface area (Å²) >= 11 is 0. The third kappa shape index (κ3) is 5.00. The molecule has 0 aliphatic carbocycles. The highest BCUT2D eigenvalue weighted by atomic mass is 32.2. The van der Waals surface area contributed by atoms with E-state index in [0.717, 1.165) is 5.56 Å². The molecule has 0 saturated carbocycles. The van der Waals surface area contributed by atoms with Crippen LogP contribution in [0.4, 0.5) is 5.69 Å². The van der Waals surface area contributed by atoms with Crippen LogP contribution < -0.4 is 14.8 Å². The average Bonchev–Trinajstić information content (AvgIpc) is 2.73. The molecule has 0 bridgehead atoms. The largest absolute Gasteiger partial charge is 0.495 e. The van der Waals surface area contributed by atoms with E-state index in [0.29, 0.717) is 11.5 Å². The third-order valence-corrected chi connectivity index (χ3v) is 5.73. The van der Waals surface area contributed by atoms with Gasteiger partial charge in [-0.25, -0.2) is 23.1 Å².